The molecule has 0 atom stereocenters. The number of benzene rings is 1. The predicted octanol–water partition coefficient (Wildman–Crippen LogP) is 1.63. The molecule has 0 bridgehead atoms. The minimum atomic E-state index is -0.00641. The van der Waals surface area contributed by atoms with Crippen LogP contribution in [-0.4, -0.2) is 46.8 Å². The highest BCUT2D eigenvalue weighted by Crippen LogP contribution is 2.22. The topological polar surface area (TPSA) is 53.6 Å². The summed E-state index contributed by atoms with van der Waals surface area (Å²) >= 11 is 0. The lowest BCUT2D eigenvalue weighted by Gasteiger charge is -2.17. The number of carbonyl (C=O) groups excluding carboxylic acids is 1. The molecular formula is C15H25N3O2. The normalized spacial score (nSPS) is 10.2. The molecule has 0 saturated heterocycles. The Balaban J connectivity index is 2.41. The van der Waals surface area contributed by atoms with Crippen LogP contribution in [0.4, 0.5) is 11.4 Å². The van der Waals surface area contributed by atoms with Crippen molar-refractivity contribution in [2.24, 2.45) is 0 Å². The first-order valence-electron chi connectivity index (χ1n) is 6.82. The van der Waals surface area contributed by atoms with Crippen LogP contribution in [-0.2, 0) is 9.53 Å². The van der Waals surface area contributed by atoms with Gasteiger partial charge in [0.05, 0.1) is 6.54 Å². The van der Waals surface area contributed by atoms with Gasteiger partial charge in [0.25, 0.3) is 0 Å². The Hall–Kier alpha value is -1.75. The predicted molar refractivity (Wildman–Crippen MR) is 83.5 cm³/mol. The second-order valence-corrected chi connectivity index (χ2v) is 4.95. The summed E-state index contributed by atoms with van der Waals surface area (Å²) in [5.41, 5.74) is 3.31. The maximum Gasteiger partial charge on any atom is 0.239 e. The molecule has 0 radical (unpaired) electrons. The van der Waals surface area contributed by atoms with E-state index in [9.17, 15) is 4.79 Å². The van der Waals surface area contributed by atoms with Crippen LogP contribution in [0, 0.1) is 6.92 Å². The van der Waals surface area contributed by atoms with Gasteiger partial charge >= 0.3 is 0 Å². The second-order valence-electron chi connectivity index (χ2n) is 4.95. The third-order valence-electron chi connectivity index (χ3n) is 2.99. The number of carbonyl (C=O) groups is 1. The number of anilines is 2. The highest BCUT2D eigenvalue weighted by molar-refractivity contribution is 5.81. The van der Waals surface area contributed by atoms with Gasteiger partial charge in [-0.2, -0.15) is 0 Å². The molecule has 0 heterocycles. The number of methoxy groups -OCH3 is 1. The molecular weight excluding hydrogens is 254 g/mol. The fourth-order valence-electron chi connectivity index (χ4n) is 1.89. The lowest BCUT2D eigenvalue weighted by Crippen LogP contribution is -2.31. The zero-order chi connectivity index (χ0) is 15.0. The first-order valence-corrected chi connectivity index (χ1v) is 6.82. The quantitative estimate of drug-likeness (QED) is 0.710. The molecule has 0 fully saturated rings. The number of ether oxygens (including phenoxy) is 1. The Morgan fingerprint density at radius 2 is 2.10 bits per heavy atom. The summed E-state index contributed by atoms with van der Waals surface area (Å²) in [5.74, 6) is -0.00641. The van der Waals surface area contributed by atoms with Crippen molar-refractivity contribution in [3.05, 3.63) is 23.8 Å². The molecule has 0 aliphatic carbocycles. The molecule has 1 aromatic rings. The van der Waals surface area contributed by atoms with Gasteiger partial charge in [-0.1, -0.05) is 6.07 Å². The smallest absolute Gasteiger partial charge is 0.239 e. The first-order chi connectivity index (χ1) is 9.54. The minimum Gasteiger partial charge on any atom is -0.385 e. The van der Waals surface area contributed by atoms with Gasteiger partial charge in [0.15, 0.2) is 0 Å². The van der Waals surface area contributed by atoms with Gasteiger partial charge in [0.2, 0.25) is 5.91 Å². The van der Waals surface area contributed by atoms with Crippen LogP contribution in [0.15, 0.2) is 18.2 Å². The maximum atomic E-state index is 11.6. The van der Waals surface area contributed by atoms with E-state index in [1.165, 1.54) is 5.56 Å². The Bertz CT molecular complexity index is 433. The van der Waals surface area contributed by atoms with Crippen LogP contribution in [0.2, 0.25) is 0 Å². The van der Waals surface area contributed by atoms with E-state index in [0.29, 0.717) is 13.2 Å². The van der Waals surface area contributed by atoms with Crippen molar-refractivity contribution >= 4 is 17.3 Å². The fraction of sp³-hybridized carbons (Fsp3) is 0.533. The summed E-state index contributed by atoms with van der Waals surface area (Å²) in [6, 6.07) is 6.09. The molecule has 5 nitrogen and oxygen atoms in total. The molecule has 5 heteroatoms. The maximum absolute atomic E-state index is 11.6. The highest BCUT2D eigenvalue weighted by atomic mass is 16.5. The van der Waals surface area contributed by atoms with Crippen LogP contribution < -0.4 is 15.5 Å². The molecule has 2 N–H and O–H groups in total. The van der Waals surface area contributed by atoms with E-state index in [-0.39, 0.29) is 12.5 Å². The number of aryl methyl sites for hydroxylation is 1. The van der Waals surface area contributed by atoms with Crippen molar-refractivity contribution in [1.29, 1.82) is 0 Å². The molecule has 0 saturated carbocycles. The van der Waals surface area contributed by atoms with Crippen molar-refractivity contribution in [3.63, 3.8) is 0 Å². The SMILES string of the molecule is COCCCNC(=O)CNc1ccc(C)c(N(C)C)c1. The average Bonchev–Trinajstić information content (AvgIpc) is 2.42. The number of nitrogens with zero attached hydrogens (tertiary/aromatic N) is 1. The summed E-state index contributed by atoms with van der Waals surface area (Å²) in [4.78, 5) is 13.7. The third-order valence-corrected chi connectivity index (χ3v) is 2.99. The van der Waals surface area contributed by atoms with Crippen LogP contribution in [0.25, 0.3) is 0 Å². The second kappa shape index (κ2) is 8.43. The highest BCUT2D eigenvalue weighted by Gasteiger charge is 2.04. The summed E-state index contributed by atoms with van der Waals surface area (Å²) < 4.78 is 4.93. The molecule has 112 valence electrons. The van der Waals surface area contributed by atoms with Gasteiger partial charge < -0.3 is 20.3 Å². The zero-order valence-corrected chi connectivity index (χ0v) is 12.8. The van der Waals surface area contributed by atoms with Crippen LogP contribution >= 0.6 is 0 Å². The molecule has 20 heavy (non-hydrogen) atoms. The van der Waals surface area contributed by atoms with Gasteiger partial charge in [-0.05, 0) is 31.0 Å². The number of nitrogens with one attached hydrogen (secondary N) is 2. The zero-order valence-electron chi connectivity index (χ0n) is 12.8. The van der Waals surface area contributed by atoms with E-state index in [4.69, 9.17) is 4.74 Å². The van der Waals surface area contributed by atoms with Gasteiger partial charge in [-0.15, -0.1) is 0 Å². The lowest BCUT2D eigenvalue weighted by atomic mass is 10.1. The van der Waals surface area contributed by atoms with Crippen molar-refractivity contribution in [1.82, 2.24) is 5.32 Å². The van der Waals surface area contributed by atoms with Crippen molar-refractivity contribution in [3.8, 4) is 0 Å². The molecule has 1 rings (SSSR count). The number of rotatable bonds is 8. The number of hydrogen-bond acceptors (Lipinski definition) is 4. The summed E-state index contributed by atoms with van der Waals surface area (Å²) in [7, 11) is 5.67. The monoisotopic (exact) mass is 279 g/mol. The van der Waals surface area contributed by atoms with Crippen LogP contribution in [0.5, 0.6) is 0 Å². The summed E-state index contributed by atoms with van der Waals surface area (Å²) in [5, 5.41) is 5.98. The van der Waals surface area contributed by atoms with Crippen molar-refractivity contribution < 1.29 is 9.53 Å². The Morgan fingerprint density at radius 1 is 1.35 bits per heavy atom. The molecule has 0 aromatic heterocycles. The Kier molecular flexibility index (Phi) is 6.87. The van der Waals surface area contributed by atoms with E-state index < -0.39 is 0 Å². The van der Waals surface area contributed by atoms with Gasteiger partial charge in [-0.25, -0.2) is 0 Å². The number of hydrogen-bond donors (Lipinski definition) is 2. The minimum absolute atomic E-state index is 0.00641. The molecule has 0 spiro atoms. The lowest BCUT2D eigenvalue weighted by molar-refractivity contribution is -0.119. The van der Waals surface area contributed by atoms with Gasteiger partial charge in [0.1, 0.15) is 0 Å². The van der Waals surface area contributed by atoms with E-state index in [2.05, 4.69) is 22.5 Å². The number of amides is 1. The Labute approximate surface area is 121 Å². The van der Waals surface area contributed by atoms with E-state index in [1.54, 1.807) is 7.11 Å². The van der Waals surface area contributed by atoms with Gasteiger partial charge in [0, 0.05) is 45.7 Å². The molecule has 1 aromatic carbocycles. The van der Waals surface area contributed by atoms with E-state index in [1.807, 2.05) is 32.3 Å². The third kappa shape index (κ3) is 5.48. The van der Waals surface area contributed by atoms with Crippen molar-refractivity contribution in [2.45, 2.75) is 13.3 Å². The van der Waals surface area contributed by atoms with E-state index >= 15 is 0 Å². The van der Waals surface area contributed by atoms with Crippen molar-refractivity contribution in [2.75, 3.05) is 51.1 Å². The molecule has 1 amide bonds. The molecule has 0 aliphatic rings. The molecule has 0 unspecified atom stereocenters. The summed E-state index contributed by atoms with van der Waals surface area (Å²) in [6.45, 7) is 3.66. The standard InChI is InChI=1S/C15H25N3O2/c1-12-6-7-13(10-14(12)18(2)3)17-11-15(19)16-8-5-9-20-4/h6-7,10,17H,5,8-9,11H2,1-4H3,(H,16,19). The van der Waals surface area contributed by atoms with E-state index in [0.717, 1.165) is 17.8 Å². The van der Waals surface area contributed by atoms with Gasteiger partial charge in [-0.3, -0.25) is 4.79 Å². The Morgan fingerprint density at radius 3 is 2.75 bits per heavy atom. The summed E-state index contributed by atoms with van der Waals surface area (Å²) in [6.07, 6.45) is 0.831. The largest absolute Gasteiger partial charge is 0.385 e. The average molecular weight is 279 g/mol. The fourth-order valence-corrected chi connectivity index (χ4v) is 1.89. The van der Waals surface area contributed by atoms with Crippen LogP contribution in [0.1, 0.15) is 12.0 Å². The van der Waals surface area contributed by atoms with Crippen LogP contribution in [0.3, 0.4) is 0 Å². The first kappa shape index (κ1) is 16.3. The molecule has 0 aliphatic heterocycles.